The minimum atomic E-state index is -1.37. The molecule has 1 unspecified atom stereocenters. The Morgan fingerprint density at radius 1 is 1.17 bits per heavy atom. The first-order valence-corrected chi connectivity index (χ1v) is 7.90. The Morgan fingerprint density at radius 3 is 2.54 bits per heavy atom. The number of rotatable bonds is 6. The lowest BCUT2D eigenvalue weighted by Crippen LogP contribution is -2.48. The number of amides is 1. The van der Waals surface area contributed by atoms with Crippen molar-refractivity contribution in [3.8, 4) is 0 Å². The second-order valence-electron chi connectivity index (χ2n) is 5.50. The average molecular weight is 331 g/mol. The summed E-state index contributed by atoms with van der Waals surface area (Å²) in [7, 11) is 1.18. The van der Waals surface area contributed by atoms with Gasteiger partial charge >= 0.3 is 12.1 Å². The molecule has 0 bridgehead atoms. The van der Waals surface area contributed by atoms with E-state index in [0.717, 1.165) is 24.8 Å². The van der Waals surface area contributed by atoms with Gasteiger partial charge in [0.1, 0.15) is 6.61 Å². The van der Waals surface area contributed by atoms with E-state index in [-0.39, 0.29) is 6.61 Å². The number of ketones is 1. The van der Waals surface area contributed by atoms with E-state index in [1.165, 1.54) is 7.11 Å². The fraction of sp³-hybridized carbons (Fsp3) is 0.389. The molecule has 0 saturated carbocycles. The SMILES string of the molecule is COC(=O)C(NC(=O)OCc1ccccc1)C(=O)C1=CCCCC1. The number of nitrogens with one attached hydrogen (secondary N) is 1. The van der Waals surface area contributed by atoms with E-state index in [9.17, 15) is 14.4 Å². The van der Waals surface area contributed by atoms with Crippen LogP contribution < -0.4 is 5.32 Å². The van der Waals surface area contributed by atoms with Crippen molar-refractivity contribution in [1.29, 1.82) is 0 Å². The standard InChI is InChI=1S/C18H21NO5/c1-23-17(21)15(16(20)14-10-6-3-7-11-14)19-18(22)24-12-13-8-4-2-5-9-13/h2,4-5,8-10,15H,3,6-7,11-12H2,1H3,(H,19,22). The van der Waals surface area contributed by atoms with Crippen molar-refractivity contribution in [1.82, 2.24) is 5.32 Å². The van der Waals surface area contributed by atoms with Crippen LogP contribution in [0.1, 0.15) is 31.2 Å². The molecule has 0 aromatic heterocycles. The maximum Gasteiger partial charge on any atom is 0.408 e. The van der Waals surface area contributed by atoms with E-state index in [4.69, 9.17) is 4.74 Å². The highest BCUT2D eigenvalue weighted by Gasteiger charge is 2.32. The van der Waals surface area contributed by atoms with Gasteiger partial charge < -0.3 is 14.8 Å². The van der Waals surface area contributed by atoms with Crippen molar-refractivity contribution in [2.45, 2.75) is 38.3 Å². The van der Waals surface area contributed by atoms with Gasteiger partial charge in [0.05, 0.1) is 7.11 Å². The molecule has 6 heteroatoms. The average Bonchev–Trinajstić information content (AvgIpc) is 2.65. The van der Waals surface area contributed by atoms with E-state index < -0.39 is 23.9 Å². The molecule has 1 N–H and O–H groups in total. The molecule has 0 heterocycles. The quantitative estimate of drug-likeness (QED) is 0.640. The Labute approximate surface area is 140 Å². The Morgan fingerprint density at radius 2 is 1.92 bits per heavy atom. The van der Waals surface area contributed by atoms with Gasteiger partial charge in [0.2, 0.25) is 0 Å². The predicted molar refractivity (Wildman–Crippen MR) is 87.1 cm³/mol. The van der Waals surface area contributed by atoms with Crippen molar-refractivity contribution < 1.29 is 23.9 Å². The summed E-state index contributed by atoms with van der Waals surface area (Å²) in [6, 6.07) is 7.75. The highest BCUT2D eigenvalue weighted by Crippen LogP contribution is 2.19. The summed E-state index contributed by atoms with van der Waals surface area (Å²) in [5, 5.41) is 2.31. The molecule has 6 nitrogen and oxygen atoms in total. The Balaban J connectivity index is 1.97. The third kappa shape index (κ3) is 4.94. The minimum Gasteiger partial charge on any atom is -0.467 e. The molecule has 1 aliphatic rings. The van der Waals surface area contributed by atoms with Gasteiger partial charge in [0.15, 0.2) is 11.8 Å². The third-order valence-corrected chi connectivity index (χ3v) is 3.78. The van der Waals surface area contributed by atoms with Crippen molar-refractivity contribution in [3.63, 3.8) is 0 Å². The van der Waals surface area contributed by atoms with Gasteiger partial charge in [-0.15, -0.1) is 0 Å². The van der Waals surface area contributed by atoms with Crippen LogP contribution in [0.3, 0.4) is 0 Å². The van der Waals surface area contributed by atoms with Crippen molar-refractivity contribution in [3.05, 3.63) is 47.5 Å². The first kappa shape index (κ1) is 17.7. The number of hydrogen-bond acceptors (Lipinski definition) is 5. The molecule has 1 amide bonds. The summed E-state index contributed by atoms with van der Waals surface area (Å²) in [6.07, 6.45) is 4.30. The van der Waals surface area contributed by atoms with E-state index in [0.29, 0.717) is 12.0 Å². The summed E-state index contributed by atoms with van der Waals surface area (Å²) in [5.41, 5.74) is 1.36. The molecule has 24 heavy (non-hydrogen) atoms. The van der Waals surface area contributed by atoms with E-state index in [1.807, 2.05) is 36.4 Å². The molecule has 2 rings (SSSR count). The number of allylic oxidation sites excluding steroid dienone is 1. The van der Waals surface area contributed by atoms with Gasteiger partial charge in [-0.1, -0.05) is 36.4 Å². The summed E-state index contributed by atoms with van der Waals surface area (Å²) in [6.45, 7) is 0.0530. The summed E-state index contributed by atoms with van der Waals surface area (Å²) in [4.78, 5) is 36.3. The van der Waals surface area contributed by atoms with Crippen LogP contribution in [0, 0.1) is 0 Å². The van der Waals surface area contributed by atoms with Crippen molar-refractivity contribution >= 4 is 17.8 Å². The molecule has 1 aromatic carbocycles. The minimum absolute atomic E-state index is 0.0530. The fourth-order valence-electron chi connectivity index (χ4n) is 2.48. The van der Waals surface area contributed by atoms with Crippen LogP contribution >= 0.6 is 0 Å². The first-order chi connectivity index (χ1) is 11.6. The maximum atomic E-state index is 12.5. The Bertz CT molecular complexity index is 624. The van der Waals surface area contributed by atoms with Crippen LogP contribution in [0.25, 0.3) is 0 Å². The maximum absolute atomic E-state index is 12.5. The summed E-state index contributed by atoms with van der Waals surface area (Å²) in [5.74, 6) is -1.23. The molecule has 0 radical (unpaired) electrons. The van der Waals surface area contributed by atoms with Crippen LogP contribution in [0.4, 0.5) is 4.79 Å². The third-order valence-electron chi connectivity index (χ3n) is 3.78. The molecule has 0 saturated heterocycles. The van der Waals surface area contributed by atoms with Gasteiger partial charge in [0.25, 0.3) is 0 Å². The largest absolute Gasteiger partial charge is 0.467 e. The lowest BCUT2D eigenvalue weighted by atomic mass is 9.93. The first-order valence-electron chi connectivity index (χ1n) is 7.90. The number of alkyl carbamates (subject to hydrolysis) is 1. The van der Waals surface area contributed by atoms with Crippen LogP contribution in [-0.2, 0) is 25.7 Å². The fourth-order valence-corrected chi connectivity index (χ4v) is 2.48. The highest BCUT2D eigenvalue weighted by molar-refractivity contribution is 6.13. The smallest absolute Gasteiger partial charge is 0.408 e. The van der Waals surface area contributed by atoms with Crippen LogP contribution in [0.5, 0.6) is 0 Å². The molecule has 1 aliphatic carbocycles. The van der Waals surface area contributed by atoms with E-state index >= 15 is 0 Å². The molecule has 0 aliphatic heterocycles. The second-order valence-corrected chi connectivity index (χ2v) is 5.50. The van der Waals surface area contributed by atoms with Gasteiger partial charge in [0, 0.05) is 0 Å². The predicted octanol–water partition coefficient (Wildman–Crippen LogP) is 2.52. The van der Waals surface area contributed by atoms with Crippen molar-refractivity contribution in [2.75, 3.05) is 7.11 Å². The zero-order chi connectivity index (χ0) is 17.4. The monoisotopic (exact) mass is 331 g/mol. The van der Waals surface area contributed by atoms with E-state index in [1.54, 1.807) is 0 Å². The molecule has 0 spiro atoms. The second kappa shape index (κ2) is 8.86. The molecule has 1 atom stereocenters. The number of carbonyl (C=O) groups is 3. The molecule has 128 valence electrons. The van der Waals surface area contributed by atoms with Gasteiger partial charge in [-0.05, 0) is 36.8 Å². The molecular formula is C18H21NO5. The van der Waals surface area contributed by atoms with Gasteiger partial charge in [-0.3, -0.25) is 4.79 Å². The zero-order valence-corrected chi connectivity index (χ0v) is 13.6. The van der Waals surface area contributed by atoms with E-state index in [2.05, 4.69) is 10.1 Å². The molecular weight excluding hydrogens is 310 g/mol. The molecule has 1 aromatic rings. The van der Waals surface area contributed by atoms with Crippen LogP contribution in [-0.4, -0.2) is 31.0 Å². The van der Waals surface area contributed by atoms with Crippen LogP contribution in [0.15, 0.2) is 42.0 Å². The van der Waals surface area contributed by atoms with Crippen molar-refractivity contribution in [2.24, 2.45) is 0 Å². The van der Waals surface area contributed by atoms with Gasteiger partial charge in [-0.25, -0.2) is 9.59 Å². The number of hydrogen-bond donors (Lipinski definition) is 1. The Hall–Kier alpha value is -2.63. The lowest BCUT2D eigenvalue weighted by molar-refractivity contribution is -0.145. The van der Waals surface area contributed by atoms with Crippen LogP contribution in [0.2, 0.25) is 0 Å². The number of Topliss-reactive ketones (excluding diaryl/α,β-unsaturated/α-hetero) is 1. The number of carbonyl (C=O) groups excluding carboxylic acids is 3. The number of methoxy groups -OCH3 is 1. The summed E-state index contributed by atoms with van der Waals surface area (Å²) >= 11 is 0. The normalized spacial score (nSPS) is 15.0. The van der Waals surface area contributed by atoms with Gasteiger partial charge in [-0.2, -0.15) is 0 Å². The molecule has 0 fully saturated rings. The highest BCUT2D eigenvalue weighted by atomic mass is 16.6. The summed E-state index contributed by atoms with van der Waals surface area (Å²) < 4.78 is 9.69. The Kier molecular flexibility index (Phi) is 6.54. The lowest BCUT2D eigenvalue weighted by Gasteiger charge is -2.18. The number of benzene rings is 1. The zero-order valence-electron chi connectivity index (χ0n) is 13.6. The number of esters is 1. The topological polar surface area (TPSA) is 81.7 Å². The number of ether oxygens (including phenoxy) is 2.